The summed E-state index contributed by atoms with van der Waals surface area (Å²) < 4.78 is 6.63. The van der Waals surface area contributed by atoms with E-state index in [4.69, 9.17) is 10.5 Å². The number of carbonyl (C=O) groups is 1. The SMILES string of the molecule is CCOC(=O)CCc1cc(Br)cc(Br)c1N.Cl. The van der Waals surface area contributed by atoms with Gasteiger partial charge < -0.3 is 10.5 Å². The Labute approximate surface area is 124 Å². The van der Waals surface area contributed by atoms with E-state index >= 15 is 0 Å². The molecule has 0 heterocycles. The van der Waals surface area contributed by atoms with Crippen LogP contribution >= 0.6 is 44.3 Å². The van der Waals surface area contributed by atoms with Gasteiger partial charge in [-0.25, -0.2) is 0 Å². The molecule has 0 aliphatic carbocycles. The maximum atomic E-state index is 11.2. The summed E-state index contributed by atoms with van der Waals surface area (Å²) >= 11 is 6.75. The molecule has 0 bridgehead atoms. The molecule has 96 valence electrons. The van der Waals surface area contributed by atoms with E-state index in [9.17, 15) is 4.79 Å². The van der Waals surface area contributed by atoms with Crippen molar-refractivity contribution in [3.8, 4) is 0 Å². The molecule has 0 saturated heterocycles. The number of benzene rings is 1. The molecule has 0 saturated carbocycles. The maximum absolute atomic E-state index is 11.2. The number of carbonyl (C=O) groups excluding carboxylic acids is 1. The summed E-state index contributed by atoms with van der Waals surface area (Å²) in [6.07, 6.45) is 0.934. The van der Waals surface area contributed by atoms with Crippen molar-refractivity contribution in [1.29, 1.82) is 0 Å². The Morgan fingerprint density at radius 3 is 2.65 bits per heavy atom. The van der Waals surface area contributed by atoms with E-state index < -0.39 is 0 Å². The minimum Gasteiger partial charge on any atom is -0.466 e. The van der Waals surface area contributed by atoms with Crippen molar-refractivity contribution in [2.24, 2.45) is 0 Å². The molecule has 2 N–H and O–H groups in total. The molecule has 0 fully saturated rings. The van der Waals surface area contributed by atoms with E-state index in [1.807, 2.05) is 12.1 Å². The summed E-state index contributed by atoms with van der Waals surface area (Å²) in [6, 6.07) is 3.79. The van der Waals surface area contributed by atoms with Gasteiger partial charge in [0.2, 0.25) is 0 Å². The highest BCUT2D eigenvalue weighted by molar-refractivity contribution is 9.11. The Hall–Kier alpha value is -0.260. The van der Waals surface area contributed by atoms with Crippen molar-refractivity contribution in [1.82, 2.24) is 0 Å². The van der Waals surface area contributed by atoms with E-state index in [1.165, 1.54) is 0 Å². The van der Waals surface area contributed by atoms with Crippen LogP contribution in [0.25, 0.3) is 0 Å². The predicted molar refractivity (Wildman–Crippen MR) is 78.5 cm³/mol. The number of nitrogens with two attached hydrogens (primary N) is 1. The first-order valence-corrected chi connectivity index (χ1v) is 6.52. The van der Waals surface area contributed by atoms with Gasteiger partial charge in [-0.05, 0) is 47.0 Å². The minimum atomic E-state index is -0.196. The van der Waals surface area contributed by atoms with Gasteiger partial charge in [0.15, 0.2) is 0 Å². The molecule has 0 unspecified atom stereocenters. The molecular weight excluding hydrogens is 373 g/mol. The van der Waals surface area contributed by atoms with Crippen molar-refractivity contribution in [2.75, 3.05) is 12.3 Å². The fourth-order valence-electron chi connectivity index (χ4n) is 1.31. The Bertz CT molecular complexity index is 399. The summed E-state index contributed by atoms with van der Waals surface area (Å²) in [7, 11) is 0. The Kier molecular flexibility index (Phi) is 7.83. The first-order chi connectivity index (χ1) is 7.54. The van der Waals surface area contributed by atoms with Gasteiger partial charge in [-0.3, -0.25) is 4.79 Å². The number of ether oxygens (including phenoxy) is 1. The molecule has 3 nitrogen and oxygen atoms in total. The quantitative estimate of drug-likeness (QED) is 0.633. The van der Waals surface area contributed by atoms with E-state index in [1.54, 1.807) is 6.92 Å². The van der Waals surface area contributed by atoms with Crippen molar-refractivity contribution in [3.63, 3.8) is 0 Å². The molecule has 0 spiro atoms. The van der Waals surface area contributed by atoms with Crippen LogP contribution in [-0.2, 0) is 16.0 Å². The molecule has 0 aliphatic heterocycles. The van der Waals surface area contributed by atoms with Gasteiger partial charge in [0, 0.05) is 21.1 Å². The fourth-order valence-corrected chi connectivity index (χ4v) is 2.63. The van der Waals surface area contributed by atoms with Gasteiger partial charge >= 0.3 is 5.97 Å². The number of nitrogen functional groups attached to an aromatic ring is 1. The zero-order valence-electron chi connectivity index (χ0n) is 9.33. The lowest BCUT2D eigenvalue weighted by molar-refractivity contribution is -0.143. The molecule has 0 radical (unpaired) electrons. The second kappa shape index (κ2) is 7.95. The zero-order valence-corrected chi connectivity index (χ0v) is 13.3. The average molecular weight is 387 g/mol. The van der Waals surface area contributed by atoms with Gasteiger partial charge in [-0.1, -0.05) is 15.9 Å². The summed E-state index contributed by atoms with van der Waals surface area (Å²) in [5.74, 6) is -0.196. The Balaban J connectivity index is 0.00000256. The van der Waals surface area contributed by atoms with Crippen LogP contribution in [-0.4, -0.2) is 12.6 Å². The van der Waals surface area contributed by atoms with Gasteiger partial charge in [0.1, 0.15) is 0 Å². The van der Waals surface area contributed by atoms with Crippen molar-refractivity contribution in [2.45, 2.75) is 19.8 Å². The normalized spacial score (nSPS) is 9.59. The van der Waals surface area contributed by atoms with Gasteiger partial charge in [0.25, 0.3) is 0 Å². The lowest BCUT2D eigenvalue weighted by atomic mass is 10.1. The van der Waals surface area contributed by atoms with E-state index in [0.29, 0.717) is 25.1 Å². The summed E-state index contributed by atoms with van der Waals surface area (Å²) in [5, 5.41) is 0. The maximum Gasteiger partial charge on any atom is 0.306 e. The van der Waals surface area contributed by atoms with Crippen LogP contribution in [0.15, 0.2) is 21.1 Å². The number of aryl methyl sites for hydroxylation is 1. The Morgan fingerprint density at radius 1 is 1.41 bits per heavy atom. The number of anilines is 1. The summed E-state index contributed by atoms with van der Waals surface area (Å²) in [5.41, 5.74) is 7.50. The van der Waals surface area contributed by atoms with Gasteiger partial charge in [-0.2, -0.15) is 0 Å². The molecule has 1 aromatic carbocycles. The standard InChI is InChI=1S/C11H13Br2NO2.ClH/c1-2-16-10(15)4-3-7-5-8(12)6-9(13)11(7)14;/h5-6H,2-4,14H2,1H3;1H. The number of halogens is 3. The molecule has 0 atom stereocenters. The zero-order chi connectivity index (χ0) is 12.1. The van der Waals surface area contributed by atoms with Crippen LogP contribution in [0.3, 0.4) is 0 Å². The molecule has 1 rings (SSSR count). The molecule has 1 aromatic rings. The van der Waals surface area contributed by atoms with Gasteiger partial charge in [-0.15, -0.1) is 12.4 Å². The number of rotatable bonds is 4. The van der Waals surface area contributed by atoms with Crippen LogP contribution in [0.2, 0.25) is 0 Å². The molecule has 17 heavy (non-hydrogen) atoms. The van der Waals surface area contributed by atoms with Crippen molar-refractivity contribution < 1.29 is 9.53 Å². The molecule has 0 amide bonds. The minimum absolute atomic E-state index is 0. The smallest absolute Gasteiger partial charge is 0.306 e. The third kappa shape index (κ3) is 5.27. The molecule has 0 aromatic heterocycles. The van der Waals surface area contributed by atoms with Crippen LogP contribution < -0.4 is 5.73 Å². The third-order valence-electron chi connectivity index (χ3n) is 2.08. The predicted octanol–water partition coefficient (Wildman–Crippen LogP) is 3.71. The Morgan fingerprint density at radius 2 is 2.06 bits per heavy atom. The first-order valence-electron chi connectivity index (χ1n) is 4.93. The number of hydrogen-bond acceptors (Lipinski definition) is 3. The topological polar surface area (TPSA) is 52.3 Å². The fraction of sp³-hybridized carbons (Fsp3) is 0.364. The first kappa shape index (κ1) is 16.7. The van der Waals surface area contributed by atoms with Crippen LogP contribution in [0.5, 0.6) is 0 Å². The van der Waals surface area contributed by atoms with Crippen LogP contribution in [0.1, 0.15) is 18.9 Å². The monoisotopic (exact) mass is 385 g/mol. The van der Waals surface area contributed by atoms with Crippen LogP contribution in [0.4, 0.5) is 5.69 Å². The second-order valence-electron chi connectivity index (χ2n) is 3.27. The molecule has 0 aliphatic rings. The van der Waals surface area contributed by atoms with Gasteiger partial charge in [0.05, 0.1) is 6.61 Å². The highest BCUT2D eigenvalue weighted by Crippen LogP contribution is 2.28. The van der Waals surface area contributed by atoms with Crippen LogP contribution in [0, 0.1) is 0 Å². The largest absolute Gasteiger partial charge is 0.466 e. The third-order valence-corrected chi connectivity index (χ3v) is 3.20. The van der Waals surface area contributed by atoms with Crippen molar-refractivity contribution >= 4 is 55.9 Å². The summed E-state index contributed by atoms with van der Waals surface area (Å²) in [6.45, 7) is 2.21. The average Bonchev–Trinajstić information content (AvgIpc) is 2.21. The number of hydrogen-bond donors (Lipinski definition) is 1. The van der Waals surface area contributed by atoms with E-state index in [0.717, 1.165) is 14.5 Å². The lowest BCUT2D eigenvalue weighted by Crippen LogP contribution is -2.06. The van der Waals surface area contributed by atoms with E-state index in [-0.39, 0.29) is 18.4 Å². The number of esters is 1. The second-order valence-corrected chi connectivity index (χ2v) is 5.04. The molecule has 6 heteroatoms. The van der Waals surface area contributed by atoms with Crippen molar-refractivity contribution in [3.05, 3.63) is 26.6 Å². The molecular formula is C11H14Br2ClNO2. The highest BCUT2D eigenvalue weighted by Gasteiger charge is 2.08. The van der Waals surface area contributed by atoms with E-state index in [2.05, 4.69) is 31.9 Å². The summed E-state index contributed by atoms with van der Waals surface area (Å²) in [4.78, 5) is 11.2. The highest BCUT2D eigenvalue weighted by atomic mass is 79.9. The lowest BCUT2D eigenvalue weighted by Gasteiger charge is -2.08.